The Hall–Kier alpha value is -5.66. The van der Waals surface area contributed by atoms with Crippen LogP contribution in [0.3, 0.4) is 0 Å². The standard InChI is InChI=1S/C48H39N/c1-47(2)42-21-13-11-19-38(42)40-27-24-35(30-44(40)47)49(36-25-28-41-39-20-12-14-22-43(39)48(3,4)45(41)31-36)46-29-34(32-15-7-5-8-16-32)23-26-37(46)33-17-9-6-10-18-33/h5-31H,1-4H3. The smallest absolute Gasteiger partial charge is 0.0546 e. The molecule has 7 aromatic carbocycles. The highest BCUT2D eigenvalue weighted by Crippen LogP contribution is 2.54. The third kappa shape index (κ3) is 4.53. The van der Waals surface area contributed by atoms with Gasteiger partial charge in [0.2, 0.25) is 0 Å². The Morgan fingerprint density at radius 1 is 0.327 bits per heavy atom. The summed E-state index contributed by atoms with van der Waals surface area (Å²) in [6.45, 7) is 9.47. The summed E-state index contributed by atoms with van der Waals surface area (Å²) in [4.78, 5) is 2.51. The molecule has 7 aromatic rings. The molecule has 9 rings (SSSR count). The number of nitrogens with zero attached hydrogens (tertiary/aromatic N) is 1. The van der Waals surface area contributed by atoms with E-state index >= 15 is 0 Å². The van der Waals surface area contributed by atoms with Gasteiger partial charge < -0.3 is 4.90 Å². The summed E-state index contributed by atoms with van der Waals surface area (Å²) in [5, 5.41) is 0. The minimum absolute atomic E-state index is 0.108. The second kappa shape index (κ2) is 10.9. The van der Waals surface area contributed by atoms with Crippen LogP contribution < -0.4 is 4.90 Å². The van der Waals surface area contributed by atoms with E-state index in [4.69, 9.17) is 0 Å². The van der Waals surface area contributed by atoms with Crippen molar-refractivity contribution in [2.45, 2.75) is 38.5 Å². The molecule has 0 radical (unpaired) electrons. The summed E-state index contributed by atoms with van der Waals surface area (Å²) < 4.78 is 0. The zero-order valence-corrected chi connectivity index (χ0v) is 28.5. The van der Waals surface area contributed by atoms with Gasteiger partial charge in [0.05, 0.1) is 5.69 Å². The van der Waals surface area contributed by atoms with Gasteiger partial charge in [0.1, 0.15) is 0 Å². The van der Waals surface area contributed by atoms with E-state index in [1.54, 1.807) is 0 Å². The van der Waals surface area contributed by atoms with Crippen LogP contribution in [0.15, 0.2) is 164 Å². The first-order chi connectivity index (χ1) is 23.8. The van der Waals surface area contributed by atoms with Crippen molar-refractivity contribution in [3.8, 4) is 44.5 Å². The van der Waals surface area contributed by atoms with Gasteiger partial charge in [-0.05, 0) is 91.5 Å². The van der Waals surface area contributed by atoms with E-state index in [1.807, 2.05) is 0 Å². The van der Waals surface area contributed by atoms with Gasteiger partial charge in [-0.1, -0.05) is 161 Å². The van der Waals surface area contributed by atoms with Gasteiger partial charge in [-0.15, -0.1) is 0 Å². The highest BCUT2D eigenvalue weighted by Gasteiger charge is 2.38. The van der Waals surface area contributed by atoms with Crippen molar-refractivity contribution < 1.29 is 0 Å². The molecule has 0 saturated carbocycles. The third-order valence-electron chi connectivity index (χ3n) is 11.1. The predicted octanol–water partition coefficient (Wildman–Crippen LogP) is 13.1. The Kier molecular flexibility index (Phi) is 6.58. The van der Waals surface area contributed by atoms with Crippen molar-refractivity contribution in [2.75, 3.05) is 4.90 Å². The first-order valence-electron chi connectivity index (χ1n) is 17.4. The third-order valence-corrected chi connectivity index (χ3v) is 11.1. The fourth-order valence-corrected chi connectivity index (χ4v) is 8.48. The van der Waals surface area contributed by atoms with E-state index in [9.17, 15) is 0 Å². The molecule has 0 atom stereocenters. The van der Waals surface area contributed by atoms with Gasteiger partial charge in [0.25, 0.3) is 0 Å². The van der Waals surface area contributed by atoms with Crippen LogP contribution in [-0.2, 0) is 10.8 Å². The molecule has 236 valence electrons. The van der Waals surface area contributed by atoms with Gasteiger partial charge >= 0.3 is 0 Å². The summed E-state index contributed by atoms with van der Waals surface area (Å²) in [5.41, 5.74) is 18.9. The first-order valence-corrected chi connectivity index (χ1v) is 17.4. The van der Waals surface area contributed by atoms with Crippen LogP contribution in [-0.4, -0.2) is 0 Å². The number of rotatable bonds is 5. The van der Waals surface area contributed by atoms with Gasteiger partial charge in [-0.3, -0.25) is 0 Å². The lowest BCUT2D eigenvalue weighted by Crippen LogP contribution is -2.18. The molecule has 0 N–H and O–H groups in total. The predicted molar refractivity (Wildman–Crippen MR) is 207 cm³/mol. The molecule has 0 heterocycles. The summed E-state index contributed by atoms with van der Waals surface area (Å²) in [5.74, 6) is 0. The Morgan fingerprint density at radius 3 is 1.29 bits per heavy atom. The lowest BCUT2D eigenvalue weighted by Gasteiger charge is -2.31. The Bertz CT molecular complexity index is 2270. The number of hydrogen-bond acceptors (Lipinski definition) is 1. The zero-order valence-electron chi connectivity index (χ0n) is 28.5. The highest BCUT2D eigenvalue weighted by atomic mass is 15.1. The van der Waals surface area contributed by atoms with E-state index in [1.165, 1.54) is 66.8 Å². The molecule has 1 heteroatoms. The lowest BCUT2D eigenvalue weighted by atomic mass is 9.82. The number of benzene rings is 7. The molecule has 0 fully saturated rings. The monoisotopic (exact) mass is 629 g/mol. The minimum atomic E-state index is -0.108. The molecule has 0 spiro atoms. The Labute approximate surface area is 290 Å². The number of anilines is 3. The van der Waals surface area contributed by atoms with Gasteiger partial charge in [-0.25, -0.2) is 0 Å². The van der Waals surface area contributed by atoms with Crippen LogP contribution in [0.25, 0.3) is 44.5 Å². The van der Waals surface area contributed by atoms with E-state index in [0.717, 1.165) is 17.1 Å². The fourth-order valence-electron chi connectivity index (χ4n) is 8.48. The fraction of sp³-hybridized carbons (Fsp3) is 0.125. The van der Waals surface area contributed by atoms with E-state index in [0.29, 0.717) is 0 Å². The van der Waals surface area contributed by atoms with Gasteiger partial charge in [0, 0.05) is 27.8 Å². The number of fused-ring (bicyclic) bond motifs is 6. The molecule has 2 aliphatic rings. The van der Waals surface area contributed by atoms with Crippen LogP contribution in [0.1, 0.15) is 49.9 Å². The van der Waals surface area contributed by atoms with Crippen LogP contribution >= 0.6 is 0 Å². The van der Waals surface area contributed by atoms with Crippen molar-refractivity contribution in [1.29, 1.82) is 0 Å². The van der Waals surface area contributed by atoms with Crippen LogP contribution in [0.4, 0.5) is 17.1 Å². The average Bonchev–Trinajstić information content (AvgIpc) is 3.52. The molecule has 0 amide bonds. The van der Waals surface area contributed by atoms with Crippen molar-refractivity contribution in [1.82, 2.24) is 0 Å². The first kappa shape index (κ1) is 29.5. The summed E-state index contributed by atoms with van der Waals surface area (Å²) in [6, 6.07) is 60.6. The Morgan fingerprint density at radius 2 is 0.755 bits per heavy atom. The molecular formula is C48H39N. The number of hydrogen-bond donors (Lipinski definition) is 0. The van der Waals surface area contributed by atoms with Crippen LogP contribution in [0.2, 0.25) is 0 Å². The van der Waals surface area contributed by atoms with Crippen LogP contribution in [0, 0.1) is 0 Å². The maximum Gasteiger partial charge on any atom is 0.0546 e. The van der Waals surface area contributed by atoms with Gasteiger partial charge in [0.15, 0.2) is 0 Å². The minimum Gasteiger partial charge on any atom is -0.310 e. The summed E-state index contributed by atoms with van der Waals surface area (Å²) in [7, 11) is 0. The van der Waals surface area contributed by atoms with Gasteiger partial charge in [-0.2, -0.15) is 0 Å². The molecule has 0 saturated heterocycles. The van der Waals surface area contributed by atoms with Crippen LogP contribution in [0.5, 0.6) is 0 Å². The molecule has 2 aliphatic carbocycles. The lowest BCUT2D eigenvalue weighted by molar-refractivity contribution is 0.660. The quantitative estimate of drug-likeness (QED) is 0.183. The largest absolute Gasteiger partial charge is 0.310 e. The second-order valence-corrected chi connectivity index (χ2v) is 14.6. The van der Waals surface area contributed by atoms with E-state index in [-0.39, 0.29) is 10.8 Å². The zero-order chi connectivity index (χ0) is 33.3. The van der Waals surface area contributed by atoms with E-state index in [2.05, 4.69) is 196 Å². The van der Waals surface area contributed by atoms with E-state index < -0.39 is 0 Å². The maximum absolute atomic E-state index is 2.51. The summed E-state index contributed by atoms with van der Waals surface area (Å²) >= 11 is 0. The molecule has 1 nitrogen and oxygen atoms in total. The topological polar surface area (TPSA) is 3.24 Å². The average molecular weight is 630 g/mol. The Balaban J connectivity index is 1.32. The van der Waals surface area contributed by atoms with Crippen molar-refractivity contribution in [2.24, 2.45) is 0 Å². The normalized spacial score (nSPS) is 14.4. The maximum atomic E-state index is 2.51. The molecule has 49 heavy (non-hydrogen) atoms. The molecular weight excluding hydrogens is 591 g/mol. The molecule has 0 unspecified atom stereocenters. The SMILES string of the molecule is CC1(C)c2ccccc2-c2ccc(N(c3ccc4c(c3)C(C)(C)c3ccccc3-4)c3cc(-c4ccccc4)ccc3-c3ccccc3)cc21. The van der Waals surface area contributed by atoms with Crippen molar-refractivity contribution >= 4 is 17.1 Å². The highest BCUT2D eigenvalue weighted by molar-refractivity contribution is 5.94. The second-order valence-electron chi connectivity index (χ2n) is 14.6. The summed E-state index contributed by atoms with van der Waals surface area (Å²) in [6.07, 6.45) is 0. The van der Waals surface area contributed by atoms with Crippen molar-refractivity contribution in [3.63, 3.8) is 0 Å². The molecule has 0 aromatic heterocycles. The molecule has 0 bridgehead atoms. The molecule has 0 aliphatic heterocycles. The van der Waals surface area contributed by atoms with Crippen molar-refractivity contribution in [3.05, 3.63) is 186 Å².